The third kappa shape index (κ3) is 2.93. The number of nitrogens with zero attached hydrogens (tertiary/aromatic N) is 1. The number of nitro benzene ring substituents is 1. The molecular formula is C11H12ClNO5S. The largest absolute Gasteiger partial charge is 0.291 e. The Hall–Kier alpha value is -1.47. The van der Waals surface area contributed by atoms with Crippen molar-refractivity contribution in [2.24, 2.45) is 0 Å². The molecule has 104 valence electrons. The summed E-state index contributed by atoms with van der Waals surface area (Å²) in [6.45, 7) is 2.50. The van der Waals surface area contributed by atoms with Gasteiger partial charge in [-0.15, -0.1) is 0 Å². The molecule has 0 N–H and O–H groups in total. The highest BCUT2D eigenvalue weighted by Gasteiger charge is 2.43. The van der Waals surface area contributed by atoms with Crippen LogP contribution < -0.4 is 0 Å². The van der Waals surface area contributed by atoms with Gasteiger partial charge in [0.25, 0.3) is 5.69 Å². The minimum Gasteiger partial charge on any atom is -0.291 e. The van der Waals surface area contributed by atoms with Gasteiger partial charge in [0.2, 0.25) is 4.21 Å². The molecule has 0 heterocycles. The SMILES string of the molecule is CCS(=O)(=O)[C@@](C)(Cl)C(=O)c1ccc([N+](=O)[O-])cc1. The second-order valence-corrected chi connectivity index (χ2v) is 7.56. The van der Waals surface area contributed by atoms with E-state index in [9.17, 15) is 23.3 Å². The van der Waals surface area contributed by atoms with E-state index in [1.54, 1.807) is 0 Å². The summed E-state index contributed by atoms with van der Waals surface area (Å²) in [4.78, 5) is 21.9. The van der Waals surface area contributed by atoms with E-state index in [0.717, 1.165) is 19.1 Å². The van der Waals surface area contributed by atoms with E-state index in [0.29, 0.717) is 0 Å². The number of ketones is 1. The molecule has 19 heavy (non-hydrogen) atoms. The van der Waals surface area contributed by atoms with Crippen LogP contribution in [-0.2, 0) is 9.84 Å². The van der Waals surface area contributed by atoms with E-state index in [4.69, 9.17) is 11.6 Å². The fourth-order valence-electron chi connectivity index (χ4n) is 1.40. The molecule has 1 atom stereocenters. The van der Waals surface area contributed by atoms with Crippen LogP contribution in [0.15, 0.2) is 24.3 Å². The lowest BCUT2D eigenvalue weighted by molar-refractivity contribution is -0.384. The zero-order valence-corrected chi connectivity index (χ0v) is 11.9. The second-order valence-electron chi connectivity index (χ2n) is 3.95. The zero-order valence-electron chi connectivity index (χ0n) is 10.3. The standard InChI is InChI=1S/C11H12ClNO5S/c1-3-19(17,18)11(2,12)10(14)8-4-6-9(7-5-8)13(15)16/h4-7H,3H2,1-2H3/t11-/m1/s1. The number of carbonyl (C=O) groups excluding carboxylic acids is 1. The van der Waals surface area contributed by atoms with Gasteiger partial charge < -0.3 is 0 Å². The molecule has 0 aliphatic carbocycles. The van der Waals surface area contributed by atoms with Crippen molar-refractivity contribution in [2.45, 2.75) is 18.1 Å². The van der Waals surface area contributed by atoms with Crippen molar-refractivity contribution >= 4 is 32.9 Å². The van der Waals surface area contributed by atoms with Crippen LogP contribution in [0.3, 0.4) is 0 Å². The number of nitro groups is 1. The summed E-state index contributed by atoms with van der Waals surface area (Å²) in [5.74, 6) is -1.07. The lowest BCUT2D eigenvalue weighted by Crippen LogP contribution is -2.39. The van der Waals surface area contributed by atoms with Gasteiger partial charge in [0.1, 0.15) is 0 Å². The molecule has 0 aromatic heterocycles. The molecule has 0 spiro atoms. The molecule has 0 fully saturated rings. The number of alkyl halides is 1. The van der Waals surface area contributed by atoms with Crippen LogP contribution in [-0.4, -0.2) is 29.1 Å². The zero-order chi connectivity index (χ0) is 14.8. The summed E-state index contributed by atoms with van der Waals surface area (Å²) in [6, 6.07) is 4.62. The number of sulfone groups is 1. The number of Topliss-reactive ketones (excluding diaryl/α,β-unsaturated/α-hetero) is 1. The van der Waals surface area contributed by atoms with Crippen LogP contribution in [0.4, 0.5) is 5.69 Å². The topological polar surface area (TPSA) is 94.3 Å². The monoisotopic (exact) mass is 305 g/mol. The molecule has 1 rings (SSSR count). The summed E-state index contributed by atoms with van der Waals surface area (Å²) in [7, 11) is -3.79. The quantitative estimate of drug-likeness (QED) is 0.359. The van der Waals surface area contributed by atoms with Crippen LogP contribution in [0, 0.1) is 10.1 Å². The third-order valence-electron chi connectivity index (χ3n) is 2.71. The number of benzene rings is 1. The molecular weight excluding hydrogens is 294 g/mol. The maximum Gasteiger partial charge on any atom is 0.269 e. The van der Waals surface area contributed by atoms with Crippen LogP contribution in [0.5, 0.6) is 0 Å². The minimum atomic E-state index is -3.79. The first kappa shape index (κ1) is 15.6. The summed E-state index contributed by atoms with van der Waals surface area (Å²) >= 11 is 5.84. The Morgan fingerprint density at radius 3 is 2.21 bits per heavy atom. The smallest absolute Gasteiger partial charge is 0.269 e. The second kappa shape index (κ2) is 5.26. The first-order chi connectivity index (χ1) is 8.63. The third-order valence-corrected chi connectivity index (χ3v) is 5.70. The molecule has 0 saturated carbocycles. The van der Waals surface area contributed by atoms with Gasteiger partial charge in [-0.05, 0) is 19.1 Å². The fourth-order valence-corrected chi connectivity index (χ4v) is 2.78. The molecule has 0 aliphatic heterocycles. The van der Waals surface area contributed by atoms with Gasteiger partial charge in [-0.3, -0.25) is 14.9 Å². The number of non-ortho nitro benzene ring substituents is 1. The average molecular weight is 306 g/mol. The molecule has 8 heteroatoms. The van der Waals surface area contributed by atoms with Gasteiger partial charge in [0.15, 0.2) is 15.6 Å². The maximum absolute atomic E-state index is 12.1. The van der Waals surface area contributed by atoms with Gasteiger partial charge >= 0.3 is 0 Å². The van der Waals surface area contributed by atoms with Gasteiger partial charge in [0, 0.05) is 23.4 Å². The Morgan fingerprint density at radius 1 is 1.37 bits per heavy atom. The molecule has 6 nitrogen and oxygen atoms in total. The van der Waals surface area contributed by atoms with Crippen molar-refractivity contribution in [2.75, 3.05) is 5.75 Å². The van der Waals surface area contributed by atoms with E-state index in [1.807, 2.05) is 0 Å². The Bertz CT molecular complexity index is 606. The van der Waals surface area contributed by atoms with Crippen molar-refractivity contribution in [3.63, 3.8) is 0 Å². The van der Waals surface area contributed by atoms with Crippen molar-refractivity contribution in [1.29, 1.82) is 0 Å². The van der Waals surface area contributed by atoms with Crippen molar-refractivity contribution in [1.82, 2.24) is 0 Å². The van der Waals surface area contributed by atoms with E-state index >= 15 is 0 Å². The maximum atomic E-state index is 12.1. The molecule has 0 unspecified atom stereocenters. The predicted octanol–water partition coefficient (Wildman–Crippen LogP) is 2.17. The van der Waals surface area contributed by atoms with Crippen molar-refractivity contribution < 1.29 is 18.1 Å². The molecule has 0 radical (unpaired) electrons. The van der Waals surface area contributed by atoms with Crippen molar-refractivity contribution in [3.05, 3.63) is 39.9 Å². The van der Waals surface area contributed by atoms with Crippen LogP contribution in [0.2, 0.25) is 0 Å². The van der Waals surface area contributed by atoms with E-state index in [-0.39, 0.29) is 17.0 Å². The molecule has 0 aliphatic rings. The summed E-state index contributed by atoms with van der Waals surface area (Å²) in [6.07, 6.45) is 0. The van der Waals surface area contributed by atoms with Crippen molar-refractivity contribution in [3.8, 4) is 0 Å². The van der Waals surface area contributed by atoms with E-state index < -0.39 is 24.8 Å². The van der Waals surface area contributed by atoms with E-state index in [1.165, 1.54) is 19.1 Å². The number of halogens is 1. The Kier molecular flexibility index (Phi) is 4.32. The highest BCUT2D eigenvalue weighted by molar-refractivity contribution is 7.95. The first-order valence-corrected chi connectivity index (χ1v) is 7.37. The van der Waals surface area contributed by atoms with Crippen LogP contribution >= 0.6 is 11.6 Å². The van der Waals surface area contributed by atoms with Gasteiger partial charge in [-0.2, -0.15) is 0 Å². The van der Waals surface area contributed by atoms with Gasteiger partial charge in [-0.25, -0.2) is 8.42 Å². The number of hydrogen-bond donors (Lipinski definition) is 0. The summed E-state index contributed by atoms with van der Waals surface area (Å²) < 4.78 is 21.4. The molecule has 0 bridgehead atoms. The highest BCUT2D eigenvalue weighted by atomic mass is 35.5. The van der Waals surface area contributed by atoms with Gasteiger partial charge in [-0.1, -0.05) is 18.5 Å². The van der Waals surface area contributed by atoms with Gasteiger partial charge in [0.05, 0.1) is 4.92 Å². The summed E-state index contributed by atoms with van der Waals surface area (Å²) in [5, 5.41) is 10.5. The number of carbonyl (C=O) groups is 1. The predicted molar refractivity (Wildman–Crippen MR) is 71.1 cm³/mol. The highest BCUT2D eigenvalue weighted by Crippen LogP contribution is 2.28. The molecule has 0 amide bonds. The van der Waals surface area contributed by atoms with E-state index in [2.05, 4.69) is 0 Å². The first-order valence-electron chi connectivity index (χ1n) is 5.34. The number of hydrogen-bond acceptors (Lipinski definition) is 5. The molecule has 1 aromatic carbocycles. The average Bonchev–Trinajstić information content (AvgIpc) is 2.37. The lowest BCUT2D eigenvalue weighted by Gasteiger charge is -2.19. The lowest BCUT2D eigenvalue weighted by atomic mass is 10.1. The Balaban J connectivity index is 3.17. The Labute approximate surface area is 115 Å². The summed E-state index contributed by atoms with van der Waals surface area (Å²) in [5.41, 5.74) is -0.175. The minimum absolute atomic E-state index is 0.0140. The molecule has 1 aromatic rings. The fraction of sp³-hybridized carbons (Fsp3) is 0.364. The molecule has 0 saturated heterocycles. The normalized spacial score (nSPS) is 14.7. The Morgan fingerprint density at radius 2 is 1.84 bits per heavy atom. The van der Waals surface area contributed by atoms with Crippen LogP contribution in [0.25, 0.3) is 0 Å². The number of rotatable bonds is 5. The van der Waals surface area contributed by atoms with Crippen LogP contribution in [0.1, 0.15) is 24.2 Å².